The van der Waals surface area contributed by atoms with Crippen LogP contribution >= 0.6 is 0 Å². The molecule has 0 radical (unpaired) electrons. The predicted octanol–water partition coefficient (Wildman–Crippen LogP) is 2.04. The second-order valence-corrected chi connectivity index (χ2v) is 4.07. The van der Waals surface area contributed by atoms with Crippen molar-refractivity contribution < 1.29 is 18.7 Å². The molecule has 2 aromatic rings. The van der Waals surface area contributed by atoms with Crippen molar-refractivity contribution in [1.29, 1.82) is 0 Å². The fourth-order valence-electron chi connectivity index (χ4n) is 1.47. The van der Waals surface area contributed by atoms with Gasteiger partial charge in [0.25, 0.3) is 0 Å². The molecule has 1 atom stereocenters. The van der Waals surface area contributed by atoms with Gasteiger partial charge in [-0.25, -0.2) is 9.37 Å². The van der Waals surface area contributed by atoms with Crippen LogP contribution in [0.3, 0.4) is 0 Å². The van der Waals surface area contributed by atoms with Crippen molar-refractivity contribution in [1.82, 2.24) is 10.3 Å². The first kappa shape index (κ1) is 13.2. The highest BCUT2D eigenvalue weighted by molar-refractivity contribution is 5.72. The number of carboxylic acids is 1. The number of carboxylic acid groups (broad SMARTS) is 1. The molecule has 0 aliphatic rings. The van der Waals surface area contributed by atoms with E-state index in [1.165, 1.54) is 25.3 Å². The molecular formula is C13H13FN2O3. The smallest absolute Gasteiger partial charge is 0.320 e. The van der Waals surface area contributed by atoms with Crippen LogP contribution in [0.1, 0.15) is 12.8 Å². The van der Waals surface area contributed by atoms with E-state index >= 15 is 0 Å². The number of rotatable bonds is 5. The van der Waals surface area contributed by atoms with E-state index in [1.54, 1.807) is 12.1 Å². The highest BCUT2D eigenvalue weighted by Crippen LogP contribution is 2.20. The fourth-order valence-corrected chi connectivity index (χ4v) is 1.47. The Labute approximate surface area is 109 Å². The molecule has 0 saturated carbocycles. The number of carbonyl (C=O) groups is 1. The van der Waals surface area contributed by atoms with Crippen molar-refractivity contribution in [3.05, 3.63) is 42.2 Å². The number of nitrogens with zero attached hydrogens (tertiary/aromatic N) is 1. The van der Waals surface area contributed by atoms with Gasteiger partial charge in [-0.3, -0.25) is 10.1 Å². The van der Waals surface area contributed by atoms with Crippen LogP contribution in [0.25, 0.3) is 11.3 Å². The standard InChI is InChI=1S/C13H13FN2O3/c1-8(13(17)18)15-7-12-16-6-11(19-12)9-2-4-10(14)5-3-9/h2-6,8,15H,7H2,1H3,(H,17,18)/t8-/m0/s1. The van der Waals surface area contributed by atoms with Gasteiger partial charge in [0.1, 0.15) is 11.9 Å². The number of aliphatic carboxylic acids is 1. The van der Waals surface area contributed by atoms with Gasteiger partial charge in [-0.15, -0.1) is 0 Å². The maximum atomic E-state index is 12.8. The van der Waals surface area contributed by atoms with Crippen LogP contribution < -0.4 is 5.32 Å². The summed E-state index contributed by atoms with van der Waals surface area (Å²) in [5.41, 5.74) is 0.714. The molecule has 0 aliphatic carbocycles. The number of hydrogen-bond acceptors (Lipinski definition) is 4. The largest absolute Gasteiger partial charge is 0.480 e. The lowest BCUT2D eigenvalue weighted by Gasteiger charge is -2.05. The lowest BCUT2D eigenvalue weighted by atomic mass is 10.2. The molecule has 0 saturated heterocycles. The average Bonchev–Trinajstić information content (AvgIpc) is 2.85. The lowest BCUT2D eigenvalue weighted by molar-refractivity contribution is -0.139. The highest BCUT2D eigenvalue weighted by Gasteiger charge is 2.12. The molecule has 1 aromatic heterocycles. The molecule has 0 fully saturated rings. The van der Waals surface area contributed by atoms with E-state index in [0.717, 1.165) is 0 Å². The first-order valence-corrected chi connectivity index (χ1v) is 5.73. The molecule has 0 unspecified atom stereocenters. The van der Waals surface area contributed by atoms with Gasteiger partial charge in [0.05, 0.1) is 12.7 Å². The van der Waals surface area contributed by atoms with Gasteiger partial charge in [0.15, 0.2) is 5.76 Å². The van der Waals surface area contributed by atoms with Gasteiger partial charge in [-0.1, -0.05) is 0 Å². The molecule has 0 aliphatic heterocycles. The highest BCUT2D eigenvalue weighted by atomic mass is 19.1. The number of benzene rings is 1. The molecule has 5 nitrogen and oxygen atoms in total. The maximum Gasteiger partial charge on any atom is 0.320 e. The van der Waals surface area contributed by atoms with E-state index in [-0.39, 0.29) is 12.4 Å². The molecule has 19 heavy (non-hydrogen) atoms. The number of oxazole rings is 1. The van der Waals surface area contributed by atoms with Gasteiger partial charge in [-0.2, -0.15) is 0 Å². The summed E-state index contributed by atoms with van der Waals surface area (Å²) in [6.07, 6.45) is 1.52. The zero-order valence-electron chi connectivity index (χ0n) is 10.3. The van der Waals surface area contributed by atoms with Crippen LogP contribution in [0.2, 0.25) is 0 Å². The van der Waals surface area contributed by atoms with Crippen molar-refractivity contribution >= 4 is 5.97 Å². The fraction of sp³-hybridized carbons (Fsp3) is 0.231. The number of nitrogens with one attached hydrogen (secondary N) is 1. The van der Waals surface area contributed by atoms with Crippen LogP contribution in [0.5, 0.6) is 0 Å². The number of hydrogen-bond donors (Lipinski definition) is 2. The summed E-state index contributed by atoms with van der Waals surface area (Å²) in [6.45, 7) is 1.75. The molecule has 1 aromatic carbocycles. The topological polar surface area (TPSA) is 75.4 Å². The third-order valence-corrected chi connectivity index (χ3v) is 2.61. The summed E-state index contributed by atoms with van der Waals surface area (Å²) in [5, 5.41) is 11.5. The van der Waals surface area contributed by atoms with Gasteiger partial charge >= 0.3 is 5.97 Å². The summed E-state index contributed by atoms with van der Waals surface area (Å²) >= 11 is 0. The quantitative estimate of drug-likeness (QED) is 0.864. The Bertz CT molecular complexity index is 566. The molecule has 6 heteroatoms. The Kier molecular flexibility index (Phi) is 3.91. The van der Waals surface area contributed by atoms with Crippen molar-refractivity contribution in [2.24, 2.45) is 0 Å². The zero-order valence-corrected chi connectivity index (χ0v) is 10.3. The summed E-state index contributed by atoms with van der Waals surface area (Å²) in [5.74, 6) is -0.363. The summed E-state index contributed by atoms with van der Waals surface area (Å²) < 4.78 is 18.2. The Morgan fingerprint density at radius 2 is 2.16 bits per heavy atom. The molecule has 0 bridgehead atoms. The van der Waals surface area contributed by atoms with Crippen molar-refractivity contribution in [2.75, 3.05) is 0 Å². The van der Waals surface area contributed by atoms with E-state index in [0.29, 0.717) is 17.2 Å². The van der Waals surface area contributed by atoms with Crippen molar-refractivity contribution in [3.8, 4) is 11.3 Å². The summed E-state index contributed by atoms with van der Waals surface area (Å²) in [4.78, 5) is 14.7. The van der Waals surface area contributed by atoms with E-state index < -0.39 is 12.0 Å². The lowest BCUT2D eigenvalue weighted by Crippen LogP contribution is -2.33. The minimum Gasteiger partial charge on any atom is -0.480 e. The van der Waals surface area contributed by atoms with Crippen LogP contribution in [0.4, 0.5) is 4.39 Å². The predicted molar refractivity (Wildman–Crippen MR) is 65.8 cm³/mol. The molecule has 0 amide bonds. The van der Waals surface area contributed by atoms with Gasteiger partial charge in [0, 0.05) is 5.56 Å². The van der Waals surface area contributed by atoms with E-state index in [4.69, 9.17) is 9.52 Å². The van der Waals surface area contributed by atoms with E-state index in [2.05, 4.69) is 10.3 Å². The van der Waals surface area contributed by atoms with Crippen molar-refractivity contribution in [3.63, 3.8) is 0 Å². The Balaban J connectivity index is 2.03. The van der Waals surface area contributed by atoms with Crippen LogP contribution in [0, 0.1) is 5.82 Å². The molecule has 2 N–H and O–H groups in total. The van der Waals surface area contributed by atoms with Gasteiger partial charge in [-0.05, 0) is 31.2 Å². The maximum absolute atomic E-state index is 12.8. The first-order valence-electron chi connectivity index (χ1n) is 5.73. The molecule has 0 spiro atoms. The SMILES string of the molecule is C[C@H](NCc1ncc(-c2ccc(F)cc2)o1)C(=O)O. The van der Waals surface area contributed by atoms with Crippen molar-refractivity contribution in [2.45, 2.75) is 19.5 Å². The van der Waals surface area contributed by atoms with Crippen LogP contribution in [-0.4, -0.2) is 22.1 Å². The Morgan fingerprint density at radius 1 is 1.47 bits per heavy atom. The molecular weight excluding hydrogens is 251 g/mol. The molecule has 2 rings (SSSR count). The van der Waals surface area contributed by atoms with Gasteiger partial charge < -0.3 is 9.52 Å². The van der Waals surface area contributed by atoms with E-state index in [1.807, 2.05) is 0 Å². The third-order valence-electron chi connectivity index (χ3n) is 2.61. The molecule has 1 heterocycles. The third kappa shape index (κ3) is 3.38. The Hall–Kier alpha value is -2.21. The number of halogens is 1. The Morgan fingerprint density at radius 3 is 2.79 bits per heavy atom. The normalized spacial score (nSPS) is 12.3. The first-order chi connectivity index (χ1) is 9.06. The molecule has 100 valence electrons. The summed E-state index contributed by atoms with van der Waals surface area (Å²) in [7, 11) is 0. The minimum atomic E-state index is -0.940. The minimum absolute atomic E-state index is 0.217. The van der Waals surface area contributed by atoms with E-state index in [9.17, 15) is 9.18 Å². The zero-order chi connectivity index (χ0) is 13.8. The number of aromatic nitrogens is 1. The second-order valence-electron chi connectivity index (χ2n) is 4.07. The van der Waals surface area contributed by atoms with Crippen LogP contribution in [-0.2, 0) is 11.3 Å². The summed E-state index contributed by atoms with van der Waals surface area (Å²) in [6, 6.07) is 5.17. The second kappa shape index (κ2) is 5.62. The average molecular weight is 264 g/mol. The monoisotopic (exact) mass is 264 g/mol. The van der Waals surface area contributed by atoms with Crippen LogP contribution in [0.15, 0.2) is 34.9 Å². The van der Waals surface area contributed by atoms with Gasteiger partial charge in [0.2, 0.25) is 5.89 Å².